The molecule has 0 radical (unpaired) electrons. The Kier molecular flexibility index (Phi) is 5.31. The zero-order valence-corrected chi connectivity index (χ0v) is 13.6. The molecular formula is C17H25NO2S. The van der Waals surface area contributed by atoms with Crippen LogP contribution in [0.25, 0.3) is 0 Å². The fourth-order valence-electron chi connectivity index (χ4n) is 3.02. The van der Waals surface area contributed by atoms with E-state index in [0.717, 1.165) is 37.7 Å². The molecule has 0 spiro atoms. The van der Waals surface area contributed by atoms with Crippen LogP contribution in [0.5, 0.6) is 11.5 Å². The highest BCUT2D eigenvalue weighted by atomic mass is 32.2. The molecule has 1 aromatic carbocycles. The van der Waals surface area contributed by atoms with Crippen LogP contribution >= 0.6 is 11.8 Å². The van der Waals surface area contributed by atoms with Crippen LogP contribution < -0.4 is 14.8 Å². The first-order chi connectivity index (χ1) is 10.4. The molecule has 0 bridgehead atoms. The molecule has 2 aliphatic rings. The summed E-state index contributed by atoms with van der Waals surface area (Å²) < 4.78 is 11.5. The average molecular weight is 307 g/mol. The molecule has 116 valence electrons. The van der Waals surface area contributed by atoms with Gasteiger partial charge < -0.3 is 14.8 Å². The van der Waals surface area contributed by atoms with Crippen LogP contribution in [0.2, 0.25) is 0 Å². The fourth-order valence-corrected chi connectivity index (χ4v) is 4.37. The fraction of sp³-hybridized carbons (Fsp3) is 0.647. The summed E-state index contributed by atoms with van der Waals surface area (Å²) in [7, 11) is 0. The lowest BCUT2D eigenvalue weighted by atomic mass is 10.2. The second kappa shape index (κ2) is 7.41. The van der Waals surface area contributed by atoms with Gasteiger partial charge in [-0.3, -0.25) is 0 Å². The summed E-state index contributed by atoms with van der Waals surface area (Å²) >= 11 is 1.99. The van der Waals surface area contributed by atoms with E-state index in [2.05, 4.69) is 30.4 Å². The van der Waals surface area contributed by atoms with E-state index in [-0.39, 0.29) is 0 Å². The van der Waals surface area contributed by atoms with Crippen molar-refractivity contribution in [1.29, 1.82) is 0 Å². The predicted molar refractivity (Wildman–Crippen MR) is 87.6 cm³/mol. The molecule has 1 fully saturated rings. The highest BCUT2D eigenvalue weighted by Crippen LogP contribution is 2.39. The molecule has 0 aromatic heterocycles. The number of ether oxygens (including phenoxy) is 2. The van der Waals surface area contributed by atoms with Crippen LogP contribution in [0.15, 0.2) is 23.1 Å². The van der Waals surface area contributed by atoms with E-state index in [1.807, 2.05) is 11.8 Å². The Labute approximate surface area is 131 Å². The molecule has 2 unspecified atom stereocenters. The van der Waals surface area contributed by atoms with Crippen LogP contribution in [-0.2, 0) is 0 Å². The lowest BCUT2D eigenvalue weighted by molar-refractivity contribution is 0.297. The molecular weight excluding hydrogens is 282 g/mol. The second-order valence-corrected chi connectivity index (χ2v) is 7.12. The van der Waals surface area contributed by atoms with Gasteiger partial charge in [0.25, 0.3) is 0 Å². The maximum absolute atomic E-state index is 5.79. The monoisotopic (exact) mass is 307 g/mol. The molecule has 1 saturated carbocycles. The van der Waals surface area contributed by atoms with E-state index < -0.39 is 0 Å². The van der Waals surface area contributed by atoms with Gasteiger partial charge in [0, 0.05) is 22.6 Å². The summed E-state index contributed by atoms with van der Waals surface area (Å²) in [6, 6.07) is 7.05. The highest BCUT2D eigenvalue weighted by molar-refractivity contribution is 8.00. The number of benzene rings is 1. The third-order valence-corrected chi connectivity index (χ3v) is 5.51. The molecule has 3 nitrogen and oxygen atoms in total. The lowest BCUT2D eigenvalue weighted by Gasteiger charge is -2.21. The molecule has 0 amide bonds. The standard InChI is InChI=1S/C17H25NO2S/c1-2-9-18-14-5-3-6-17(14)21-13-7-8-15-16(12-13)20-11-4-10-19-15/h7-8,12,14,17-18H,2-6,9-11H2,1H3. The van der Waals surface area contributed by atoms with E-state index in [1.165, 1.54) is 30.6 Å². The smallest absolute Gasteiger partial charge is 0.162 e. The van der Waals surface area contributed by atoms with Crippen LogP contribution in [0.3, 0.4) is 0 Å². The van der Waals surface area contributed by atoms with Crippen molar-refractivity contribution < 1.29 is 9.47 Å². The zero-order chi connectivity index (χ0) is 14.5. The Morgan fingerprint density at radius 3 is 2.86 bits per heavy atom. The van der Waals surface area contributed by atoms with Crippen molar-refractivity contribution in [2.45, 2.75) is 55.2 Å². The number of fused-ring (bicyclic) bond motifs is 1. The van der Waals surface area contributed by atoms with Crippen LogP contribution in [0.1, 0.15) is 39.0 Å². The Morgan fingerprint density at radius 2 is 2.00 bits per heavy atom. The molecule has 1 aliphatic heterocycles. The van der Waals surface area contributed by atoms with Crippen molar-refractivity contribution in [1.82, 2.24) is 5.32 Å². The molecule has 1 heterocycles. The van der Waals surface area contributed by atoms with Crippen molar-refractivity contribution in [3.05, 3.63) is 18.2 Å². The Morgan fingerprint density at radius 1 is 1.14 bits per heavy atom. The molecule has 0 saturated heterocycles. The maximum Gasteiger partial charge on any atom is 0.162 e. The SMILES string of the molecule is CCCNC1CCCC1Sc1ccc2c(c1)OCCCO2. The summed E-state index contributed by atoms with van der Waals surface area (Å²) in [5.74, 6) is 1.80. The van der Waals surface area contributed by atoms with Gasteiger partial charge in [0.1, 0.15) is 0 Å². The first-order valence-electron chi connectivity index (χ1n) is 8.16. The van der Waals surface area contributed by atoms with Gasteiger partial charge in [-0.25, -0.2) is 0 Å². The quantitative estimate of drug-likeness (QED) is 0.895. The van der Waals surface area contributed by atoms with Gasteiger partial charge in [-0.2, -0.15) is 0 Å². The average Bonchev–Trinajstić information content (AvgIpc) is 2.80. The summed E-state index contributed by atoms with van der Waals surface area (Å²) in [5.41, 5.74) is 0. The van der Waals surface area contributed by atoms with E-state index in [9.17, 15) is 0 Å². The van der Waals surface area contributed by atoms with Crippen molar-refractivity contribution >= 4 is 11.8 Å². The van der Waals surface area contributed by atoms with Crippen LogP contribution in [-0.4, -0.2) is 31.1 Å². The molecule has 1 N–H and O–H groups in total. The Hall–Kier alpha value is -0.870. The number of hydrogen-bond donors (Lipinski definition) is 1. The van der Waals surface area contributed by atoms with E-state index >= 15 is 0 Å². The first kappa shape index (κ1) is 15.0. The second-order valence-electron chi connectivity index (χ2n) is 5.81. The number of rotatable bonds is 5. The third kappa shape index (κ3) is 3.86. The maximum atomic E-state index is 5.79. The molecule has 4 heteroatoms. The van der Waals surface area contributed by atoms with Gasteiger partial charge in [-0.1, -0.05) is 13.3 Å². The van der Waals surface area contributed by atoms with Crippen LogP contribution in [0, 0.1) is 0 Å². The van der Waals surface area contributed by atoms with Gasteiger partial charge in [0.2, 0.25) is 0 Å². The summed E-state index contributed by atoms with van der Waals surface area (Å²) in [4.78, 5) is 1.30. The van der Waals surface area contributed by atoms with Gasteiger partial charge in [0.05, 0.1) is 13.2 Å². The topological polar surface area (TPSA) is 30.5 Å². The van der Waals surface area contributed by atoms with Crippen molar-refractivity contribution in [3.8, 4) is 11.5 Å². The number of nitrogens with one attached hydrogen (secondary N) is 1. The van der Waals surface area contributed by atoms with Crippen molar-refractivity contribution in [3.63, 3.8) is 0 Å². The van der Waals surface area contributed by atoms with Crippen LogP contribution in [0.4, 0.5) is 0 Å². The Balaban J connectivity index is 1.65. The minimum Gasteiger partial charge on any atom is -0.490 e. The molecule has 3 rings (SSSR count). The summed E-state index contributed by atoms with van der Waals surface area (Å²) in [5, 5.41) is 4.38. The molecule has 21 heavy (non-hydrogen) atoms. The largest absolute Gasteiger partial charge is 0.490 e. The summed E-state index contributed by atoms with van der Waals surface area (Å²) in [6.45, 7) is 4.87. The van der Waals surface area contributed by atoms with E-state index in [0.29, 0.717) is 11.3 Å². The predicted octanol–water partition coefficient (Wildman–Crippen LogP) is 3.86. The van der Waals surface area contributed by atoms with E-state index in [1.54, 1.807) is 0 Å². The van der Waals surface area contributed by atoms with Gasteiger partial charge in [-0.05, 0) is 44.0 Å². The van der Waals surface area contributed by atoms with Gasteiger partial charge >= 0.3 is 0 Å². The van der Waals surface area contributed by atoms with Crippen molar-refractivity contribution in [2.75, 3.05) is 19.8 Å². The van der Waals surface area contributed by atoms with Gasteiger partial charge in [-0.15, -0.1) is 11.8 Å². The normalized spacial score (nSPS) is 24.8. The number of hydrogen-bond acceptors (Lipinski definition) is 4. The first-order valence-corrected chi connectivity index (χ1v) is 9.04. The zero-order valence-electron chi connectivity index (χ0n) is 12.8. The van der Waals surface area contributed by atoms with E-state index in [4.69, 9.17) is 9.47 Å². The minimum atomic E-state index is 0.658. The van der Waals surface area contributed by atoms with Crippen molar-refractivity contribution in [2.24, 2.45) is 0 Å². The molecule has 1 aliphatic carbocycles. The lowest BCUT2D eigenvalue weighted by Crippen LogP contribution is -2.34. The minimum absolute atomic E-state index is 0.658. The molecule has 2 atom stereocenters. The van der Waals surface area contributed by atoms with Gasteiger partial charge in [0.15, 0.2) is 11.5 Å². The number of thioether (sulfide) groups is 1. The Bertz CT molecular complexity index is 466. The highest BCUT2D eigenvalue weighted by Gasteiger charge is 2.27. The molecule has 1 aromatic rings. The third-order valence-electron chi connectivity index (χ3n) is 4.12. The summed E-state index contributed by atoms with van der Waals surface area (Å²) in [6.07, 6.45) is 6.12.